The van der Waals surface area contributed by atoms with E-state index in [-0.39, 0.29) is 0 Å². The molecule has 0 nitrogen and oxygen atoms in total. The molecule has 0 bridgehead atoms. The maximum atomic E-state index is 2.21. The third-order valence-electron chi connectivity index (χ3n) is 1.15. The normalized spacial score (nSPS) is 19.8. The quantitative estimate of drug-likeness (QED) is 0.535. The van der Waals surface area contributed by atoms with Crippen molar-refractivity contribution in [3.63, 3.8) is 0 Å². The van der Waals surface area contributed by atoms with Gasteiger partial charge in [0.25, 0.3) is 0 Å². The van der Waals surface area contributed by atoms with E-state index in [9.17, 15) is 0 Å². The molecule has 0 aliphatic heterocycles. The summed E-state index contributed by atoms with van der Waals surface area (Å²) in [6.07, 6.45) is 6.95. The van der Waals surface area contributed by atoms with Crippen LogP contribution in [0.1, 0.15) is 12.8 Å². The van der Waals surface area contributed by atoms with Crippen molar-refractivity contribution in [3.8, 4) is 0 Å². The summed E-state index contributed by atoms with van der Waals surface area (Å²) in [7, 11) is 0. The Balaban J connectivity index is 2.65. The molecule has 0 aromatic rings. The SMILES string of the molecule is [Ge][C]1=CC=[C]([Ge])CC1. The van der Waals surface area contributed by atoms with Gasteiger partial charge in [-0.25, -0.2) is 0 Å². The average molecular weight is 223 g/mol. The summed E-state index contributed by atoms with van der Waals surface area (Å²) in [5.41, 5.74) is 0. The molecule has 38 valence electrons. The Kier molecular flexibility index (Phi) is 2.44. The summed E-state index contributed by atoms with van der Waals surface area (Å²) in [6.45, 7) is 0. The first-order valence-corrected chi connectivity index (χ1v) is 4.72. The van der Waals surface area contributed by atoms with Crippen molar-refractivity contribution in [2.24, 2.45) is 0 Å². The molecule has 0 heterocycles. The second kappa shape index (κ2) is 2.92. The molecule has 1 aliphatic rings. The van der Waals surface area contributed by atoms with E-state index in [1.807, 2.05) is 0 Å². The molecule has 0 fully saturated rings. The van der Waals surface area contributed by atoms with Gasteiger partial charge in [-0.3, -0.25) is 0 Å². The standard InChI is InChI=1S/C6H6Ge2/c7-5-1-2-6(8)4-3-5/h1-2H,3-4H2. The van der Waals surface area contributed by atoms with Gasteiger partial charge in [-0.15, -0.1) is 0 Å². The molecule has 0 spiro atoms. The first-order valence-electron chi connectivity index (χ1n) is 2.62. The van der Waals surface area contributed by atoms with Crippen LogP contribution in [0, 0.1) is 0 Å². The van der Waals surface area contributed by atoms with Crippen LogP contribution in [-0.2, 0) is 0 Å². The zero-order valence-electron chi connectivity index (χ0n) is 4.57. The first-order chi connectivity index (χ1) is 3.79. The van der Waals surface area contributed by atoms with E-state index in [1.54, 1.807) is 0 Å². The van der Waals surface area contributed by atoms with Gasteiger partial charge in [-0.1, -0.05) is 0 Å². The van der Waals surface area contributed by atoms with E-state index < -0.39 is 0 Å². The molecule has 0 aromatic carbocycles. The minimum atomic E-state index is 1.27. The second-order valence-electron chi connectivity index (χ2n) is 1.88. The molecule has 0 saturated heterocycles. The van der Waals surface area contributed by atoms with Gasteiger partial charge in [0.2, 0.25) is 0 Å². The molecule has 8 heavy (non-hydrogen) atoms. The van der Waals surface area contributed by atoms with Crippen LogP contribution < -0.4 is 0 Å². The van der Waals surface area contributed by atoms with E-state index in [4.69, 9.17) is 0 Å². The fraction of sp³-hybridized carbons (Fsp3) is 0.333. The Morgan fingerprint density at radius 3 is 1.62 bits per heavy atom. The second-order valence-corrected chi connectivity index (χ2v) is 4.58. The maximum absolute atomic E-state index is 2.21. The van der Waals surface area contributed by atoms with Crippen molar-refractivity contribution in [1.82, 2.24) is 0 Å². The monoisotopic (exact) mass is 226 g/mol. The molecule has 0 aromatic heterocycles. The molecule has 0 N–H and O–H groups in total. The summed E-state index contributed by atoms with van der Waals surface area (Å²) in [4.78, 5) is 0. The van der Waals surface area contributed by atoms with Crippen LogP contribution in [0.4, 0.5) is 0 Å². The summed E-state index contributed by atoms with van der Waals surface area (Å²) in [6, 6.07) is 0. The fourth-order valence-corrected chi connectivity index (χ4v) is 1.51. The molecule has 0 unspecified atom stereocenters. The van der Waals surface area contributed by atoms with Crippen molar-refractivity contribution >= 4 is 33.0 Å². The fourth-order valence-electron chi connectivity index (χ4n) is 0.637. The number of allylic oxidation sites excluding steroid dienone is 4. The first kappa shape index (κ1) is 6.68. The summed E-state index contributed by atoms with van der Waals surface area (Å²) >= 11 is 4.37. The zero-order chi connectivity index (χ0) is 5.98. The van der Waals surface area contributed by atoms with Crippen LogP contribution >= 0.6 is 0 Å². The predicted octanol–water partition coefficient (Wildman–Crippen LogP) is 0.885. The Labute approximate surface area is 66.9 Å². The van der Waals surface area contributed by atoms with Crippen LogP contribution in [0.15, 0.2) is 21.0 Å². The molecular weight excluding hydrogens is 217 g/mol. The third-order valence-corrected chi connectivity index (χ3v) is 2.90. The van der Waals surface area contributed by atoms with Gasteiger partial charge in [0.05, 0.1) is 0 Å². The van der Waals surface area contributed by atoms with Crippen molar-refractivity contribution in [2.75, 3.05) is 0 Å². The van der Waals surface area contributed by atoms with Crippen LogP contribution in [-0.4, -0.2) is 33.0 Å². The van der Waals surface area contributed by atoms with E-state index in [0.717, 1.165) is 0 Å². The Bertz CT molecular complexity index is 127. The third kappa shape index (κ3) is 1.82. The van der Waals surface area contributed by atoms with Gasteiger partial charge in [-0.2, -0.15) is 0 Å². The molecule has 1 rings (SSSR count). The molecule has 0 amide bonds. The molecule has 0 atom stereocenters. The van der Waals surface area contributed by atoms with Crippen molar-refractivity contribution < 1.29 is 0 Å². The van der Waals surface area contributed by atoms with E-state index in [1.165, 1.54) is 21.7 Å². The molecule has 0 saturated carbocycles. The van der Waals surface area contributed by atoms with E-state index in [0.29, 0.717) is 0 Å². The van der Waals surface area contributed by atoms with Gasteiger partial charge in [0.15, 0.2) is 0 Å². The van der Waals surface area contributed by atoms with E-state index in [2.05, 4.69) is 45.2 Å². The molecule has 2 heteroatoms. The van der Waals surface area contributed by atoms with Crippen molar-refractivity contribution in [3.05, 3.63) is 21.0 Å². The Hall–Kier alpha value is 0.566. The number of rotatable bonds is 0. The van der Waals surface area contributed by atoms with Crippen LogP contribution in [0.25, 0.3) is 0 Å². The number of hydrogen-bond acceptors (Lipinski definition) is 0. The van der Waals surface area contributed by atoms with Gasteiger partial charge in [-0.05, 0) is 0 Å². The zero-order valence-corrected chi connectivity index (χ0v) is 8.77. The predicted molar refractivity (Wildman–Crippen MR) is 36.9 cm³/mol. The number of hydrogen-bond donors (Lipinski definition) is 0. The van der Waals surface area contributed by atoms with Gasteiger partial charge in [0.1, 0.15) is 0 Å². The average Bonchev–Trinajstić information content (AvgIpc) is 1.77. The summed E-state index contributed by atoms with van der Waals surface area (Å²) in [5.74, 6) is 0. The van der Waals surface area contributed by atoms with Crippen LogP contribution in [0.2, 0.25) is 0 Å². The van der Waals surface area contributed by atoms with Crippen molar-refractivity contribution in [2.45, 2.75) is 12.8 Å². The molecule has 6 radical (unpaired) electrons. The van der Waals surface area contributed by atoms with Gasteiger partial charge >= 0.3 is 66.8 Å². The minimum absolute atomic E-state index is 1.27. The van der Waals surface area contributed by atoms with Crippen molar-refractivity contribution in [1.29, 1.82) is 0 Å². The van der Waals surface area contributed by atoms with Crippen LogP contribution in [0.3, 0.4) is 0 Å². The molecule has 1 aliphatic carbocycles. The van der Waals surface area contributed by atoms with Gasteiger partial charge in [0, 0.05) is 0 Å². The summed E-state index contributed by atoms with van der Waals surface area (Å²) in [5, 5.41) is 0. The Morgan fingerprint density at radius 2 is 1.38 bits per heavy atom. The Morgan fingerprint density at radius 1 is 1.00 bits per heavy atom. The summed E-state index contributed by atoms with van der Waals surface area (Å²) < 4.78 is 3.02. The van der Waals surface area contributed by atoms with Crippen LogP contribution in [0.5, 0.6) is 0 Å². The molecular formula is C6H6Ge2. The van der Waals surface area contributed by atoms with Gasteiger partial charge < -0.3 is 0 Å². The van der Waals surface area contributed by atoms with E-state index >= 15 is 0 Å². The topological polar surface area (TPSA) is 0 Å².